The molecule has 1 aliphatic heterocycles. The standard InChI is InChI=1S/C38H51N5O3/c1-27-31(30-11-12-34(40-33(30)20-45)42-14-13-28-9-8-10-29(19-44)32(28)18-42)17-39-43(27)26-37(5)23-36(4)21-35(2,3)22-38(24-36,25-37)46-16-15-41(6)7/h8-12,17,19-20H,13-16,18,21-26H2,1-7H3. The lowest BCUT2D eigenvalue weighted by Gasteiger charge is -2.61. The van der Waals surface area contributed by atoms with Gasteiger partial charge < -0.3 is 14.5 Å². The van der Waals surface area contributed by atoms with Gasteiger partial charge in [-0.1, -0.05) is 45.9 Å². The van der Waals surface area contributed by atoms with Crippen molar-refractivity contribution in [3.8, 4) is 11.1 Å². The Bertz CT molecular complexity index is 1620. The van der Waals surface area contributed by atoms with Crippen molar-refractivity contribution in [2.24, 2.45) is 16.2 Å². The lowest BCUT2D eigenvalue weighted by atomic mass is 9.48. The molecule has 0 N–H and O–H groups in total. The van der Waals surface area contributed by atoms with Crippen LogP contribution in [0.4, 0.5) is 5.82 Å². The molecule has 3 aliphatic rings. The number of benzene rings is 1. The van der Waals surface area contributed by atoms with E-state index < -0.39 is 0 Å². The Kier molecular flexibility index (Phi) is 8.51. The van der Waals surface area contributed by atoms with E-state index in [1.165, 1.54) is 12.0 Å². The van der Waals surface area contributed by atoms with Gasteiger partial charge in [0.25, 0.3) is 0 Å². The summed E-state index contributed by atoms with van der Waals surface area (Å²) in [5.41, 5.74) is 6.53. The van der Waals surface area contributed by atoms with Gasteiger partial charge in [0, 0.05) is 48.6 Å². The second-order valence-electron chi connectivity index (χ2n) is 16.3. The Morgan fingerprint density at radius 3 is 2.50 bits per heavy atom. The molecule has 1 aromatic carbocycles. The minimum absolute atomic E-state index is 0.0240. The topological polar surface area (TPSA) is 80.6 Å². The molecule has 0 saturated heterocycles. The summed E-state index contributed by atoms with van der Waals surface area (Å²) in [6.45, 7) is 15.7. The summed E-state index contributed by atoms with van der Waals surface area (Å²) in [5.74, 6) is 0.749. The number of hydrogen-bond donors (Lipinski definition) is 0. The molecule has 3 aromatic rings. The molecule has 2 aliphatic carbocycles. The van der Waals surface area contributed by atoms with Crippen molar-refractivity contribution in [2.45, 2.75) is 91.8 Å². The third-order valence-electron chi connectivity index (χ3n) is 10.7. The summed E-state index contributed by atoms with van der Waals surface area (Å²) in [7, 11) is 4.21. The van der Waals surface area contributed by atoms with Gasteiger partial charge in [-0.3, -0.25) is 14.3 Å². The van der Waals surface area contributed by atoms with Gasteiger partial charge in [-0.2, -0.15) is 5.10 Å². The van der Waals surface area contributed by atoms with E-state index in [9.17, 15) is 9.59 Å². The number of aromatic nitrogens is 3. The summed E-state index contributed by atoms with van der Waals surface area (Å²) >= 11 is 0. The minimum Gasteiger partial charge on any atom is -0.374 e. The van der Waals surface area contributed by atoms with E-state index in [0.717, 1.165) is 105 Å². The number of carbonyl (C=O) groups excluding carboxylic acids is 2. The molecule has 8 heteroatoms. The highest BCUT2D eigenvalue weighted by molar-refractivity contribution is 5.86. The number of anilines is 1. The molecule has 3 unspecified atom stereocenters. The molecule has 3 heterocycles. The van der Waals surface area contributed by atoms with Crippen molar-refractivity contribution < 1.29 is 14.3 Å². The number of likely N-dealkylation sites (N-methyl/N-ethyl adjacent to an activating group) is 1. The van der Waals surface area contributed by atoms with Crippen LogP contribution in [0.1, 0.15) is 97.5 Å². The Hall–Kier alpha value is -3.36. The van der Waals surface area contributed by atoms with Crippen LogP contribution in [0.15, 0.2) is 36.5 Å². The average Bonchev–Trinajstić information content (AvgIpc) is 3.32. The van der Waals surface area contributed by atoms with Gasteiger partial charge in [0.2, 0.25) is 0 Å². The second-order valence-corrected chi connectivity index (χ2v) is 16.3. The smallest absolute Gasteiger partial charge is 0.169 e. The van der Waals surface area contributed by atoms with Crippen LogP contribution in [-0.2, 0) is 24.2 Å². The number of rotatable bonds is 10. The zero-order valence-corrected chi connectivity index (χ0v) is 28.9. The predicted octanol–water partition coefficient (Wildman–Crippen LogP) is 6.77. The van der Waals surface area contributed by atoms with E-state index >= 15 is 0 Å². The van der Waals surface area contributed by atoms with Gasteiger partial charge in [-0.15, -0.1) is 0 Å². The van der Waals surface area contributed by atoms with Crippen LogP contribution in [0.2, 0.25) is 0 Å². The Labute approximate surface area is 274 Å². The molecule has 3 atom stereocenters. The molecule has 2 aromatic heterocycles. The molecule has 2 fully saturated rings. The van der Waals surface area contributed by atoms with Crippen molar-refractivity contribution in [3.63, 3.8) is 0 Å². The van der Waals surface area contributed by atoms with Crippen molar-refractivity contribution in [1.29, 1.82) is 0 Å². The number of aldehydes is 2. The summed E-state index contributed by atoms with van der Waals surface area (Å²) in [6, 6.07) is 9.90. The Morgan fingerprint density at radius 2 is 1.76 bits per heavy atom. The first kappa shape index (κ1) is 32.6. The van der Waals surface area contributed by atoms with Gasteiger partial charge in [0.15, 0.2) is 6.29 Å². The third-order valence-corrected chi connectivity index (χ3v) is 10.7. The first-order chi connectivity index (χ1) is 21.8. The maximum Gasteiger partial charge on any atom is 0.169 e. The normalized spacial score (nSPS) is 27.0. The number of carbonyl (C=O) groups is 2. The van der Waals surface area contributed by atoms with Crippen LogP contribution in [0.3, 0.4) is 0 Å². The fourth-order valence-electron chi connectivity index (χ4n) is 9.93. The first-order valence-electron chi connectivity index (χ1n) is 16.8. The molecule has 8 nitrogen and oxygen atoms in total. The maximum absolute atomic E-state index is 12.4. The van der Waals surface area contributed by atoms with E-state index in [1.54, 1.807) is 0 Å². The predicted molar refractivity (Wildman–Crippen MR) is 182 cm³/mol. The summed E-state index contributed by atoms with van der Waals surface area (Å²) < 4.78 is 9.02. The van der Waals surface area contributed by atoms with E-state index in [-0.39, 0.29) is 21.8 Å². The lowest BCUT2D eigenvalue weighted by Crippen LogP contribution is -2.57. The van der Waals surface area contributed by atoms with Crippen LogP contribution in [0.25, 0.3) is 11.1 Å². The van der Waals surface area contributed by atoms with Gasteiger partial charge in [0.05, 0.1) is 18.4 Å². The Morgan fingerprint density at radius 1 is 0.957 bits per heavy atom. The van der Waals surface area contributed by atoms with Crippen LogP contribution < -0.4 is 4.90 Å². The molecular formula is C38H51N5O3. The van der Waals surface area contributed by atoms with Gasteiger partial charge in [0.1, 0.15) is 17.8 Å². The molecule has 0 spiro atoms. The molecule has 0 radical (unpaired) electrons. The van der Waals surface area contributed by atoms with Crippen molar-refractivity contribution in [1.82, 2.24) is 19.7 Å². The SMILES string of the molecule is Cc1c(-c2ccc(N3CCc4cccc(C=O)c4C3)nc2C=O)cnn1CC1(C)CC2(C)CC(C)(C)CC(OCCN(C)C)(C1)C2. The van der Waals surface area contributed by atoms with Crippen LogP contribution in [0, 0.1) is 23.2 Å². The van der Waals surface area contributed by atoms with E-state index in [1.807, 2.05) is 30.5 Å². The number of hydrogen-bond acceptors (Lipinski definition) is 7. The highest BCUT2D eigenvalue weighted by atomic mass is 16.5. The van der Waals surface area contributed by atoms with Crippen LogP contribution >= 0.6 is 0 Å². The number of fused-ring (bicyclic) bond motifs is 3. The van der Waals surface area contributed by atoms with E-state index in [4.69, 9.17) is 14.8 Å². The third kappa shape index (κ3) is 6.43. The molecule has 2 bridgehead atoms. The fraction of sp³-hybridized carbons (Fsp3) is 0.579. The molecule has 6 rings (SSSR count). The van der Waals surface area contributed by atoms with Gasteiger partial charge in [-0.25, -0.2) is 4.98 Å². The average molecular weight is 626 g/mol. The summed E-state index contributed by atoms with van der Waals surface area (Å²) in [6.07, 6.45) is 10.1. The van der Waals surface area contributed by atoms with Crippen LogP contribution in [0.5, 0.6) is 0 Å². The molecular weight excluding hydrogens is 574 g/mol. The van der Waals surface area contributed by atoms with Gasteiger partial charge in [-0.05, 0) is 99.0 Å². The van der Waals surface area contributed by atoms with Gasteiger partial charge >= 0.3 is 0 Å². The summed E-state index contributed by atoms with van der Waals surface area (Å²) in [4.78, 5) is 33.3. The summed E-state index contributed by atoms with van der Waals surface area (Å²) in [5, 5.41) is 4.90. The molecule has 2 saturated carbocycles. The monoisotopic (exact) mass is 625 g/mol. The zero-order chi connectivity index (χ0) is 32.9. The number of ether oxygens (including phenoxy) is 1. The van der Waals surface area contributed by atoms with E-state index in [0.29, 0.717) is 12.2 Å². The highest BCUT2D eigenvalue weighted by Crippen LogP contribution is 2.63. The Balaban J connectivity index is 1.24. The molecule has 0 amide bonds. The van der Waals surface area contributed by atoms with Crippen molar-refractivity contribution >= 4 is 18.4 Å². The van der Waals surface area contributed by atoms with Crippen molar-refractivity contribution in [2.75, 3.05) is 38.7 Å². The largest absolute Gasteiger partial charge is 0.374 e. The molecule has 246 valence electrons. The molecule has 46 heavy (non-hydrogen) atoms. The van der Waals surface area contributed by atoms with Crippen molar-refractivity contribution in [3.05, 3.63) is 64.6 Å². The number of pyridine rings is 1. The number of nitrogens with zero attached hydrogens (tertiary/aromatic N) is 5. The fourth-order valence-corrected chi connectivity index (χ4v) is 9.93. The zero-order valence-electron chi connectivity index (χ0n) is 28.9. The minimum atomic E-state index is -0.130. The highest BCUT2D eigenvalue weighted by Gasteiger charge is 2.58. The lowest BCUT2D eigenvalue weighted by molar-refractivity contribution is -0.194. The maximum atomic E-state index is 12.4. The second kappa shape index (κ2) is 12.0. The van der Waals surface area contributed by atoms with Crippen LogP contribution in [-0.4, -0.2) is 71.6 Å². The quantitative estimate of drug-likeness (QED) is 0.230. The first-order valence-corrected chi connectivity index (χ1v) is 16.8. The van der Waals surface area contributed by atoms with E-state index in [2.05, 4.69) is 69.3 Å².